The number of hydrogen-bond acceptors (Lipinski definition) is 4. The summed E-state index contributed by atoms with van der Waals surface area (Å²) in [6.07, 6.45) is 17.6. The molecule has 7 rings (SSSR count). The molecule has 38 heavy (non-hydrogen) atoms. The minimum atomic E-state index is 0.928. The molecule has 0 aromatic heterocycles. The van der Waals surface area contributed by atoms with Crippen molar-refractivity contribution in [3.63, 3.8) is 0 Å². The third kappa shape index (κ3) is 8.67. The van der Waals surface area contributed by atoms with E-state index in [1.54, 1.807) is 0 Å². The second kappa shape index (κ2) is 14.1. The summed E-state index contributed by atoms with van der Waals surface area (Å²) in [6.45, 7) is 14.8. The Kier molecular flexibility index (Phi) is 11.5. The fraction of sp³-hybridized carbons (Fsp3) is 1.00. The number of hydrogen-bond donors (Lipinski definition) is 0. The van der Waals surface area contributed by atoms with Gasteiger partial charge in [0, 0.05) is 50.3 Å². The molecule has 6 heterocycles. The molecule has 0 amide bonds. The van der Waals surface area contributed by atoms with Gasteiger partial charge >= 0.3 is 0 Å². The zero-order valence-corrected chi connectivity index (χ0v) is 26.9. The first-order valence-electron chi connectivity index (χ1n) is 16.9. The van der Waals surface area contributed by atoms with E-state index in [9.17, 15) is 0 Å². The highest BCUT2D eigenvalue weighted by atomic mass is 15.2. The van der Waals surface area contributed by atoms with E-state index in [1.807, 2.05) is 0 Å². The van der Waals surface area contributed by atoms with Gasteiger partial charge in [0.15, 0.2) is 0 Å². The fourth-order valence-corrected chi connectivity index (χ4v) is 9.73. The van der Waals surface area contributed by atoms with E-state index in [4.69, 9.17) is 0 Å². The Morgan fingerprint density at radius 2 is 0.763 bits per heavy atom. The summed E-state index contributed by atoms with van der Waals surface area (Å²) < 4.78 is 0. The second-order valence-electron chi connectivity index (χ2n) is 15.7. The summed E-state index contributed by atoms with van der Waals surface area (Å²) in [5, 5.41) is 0. The van der Waals surface area contributed by atoms with Crippen molar-refractivity contribution in [2.45, 2.75) is 129 Å². The first-order chi connectivity index (χ1) is 18.1. The average molecular weight is 531 g/mol. The average Bonchev–Trinajstić information content (AvgIpc) is 3.01. The monoisotopic (exact) mass is 531 g/mol. The molecule has 1 saturated carbocycles. The molecule has 0 radical (unpaired) electrons. The molecule has 0 spiro atoms. The summed E-state index contributed by atoms with van der Waals surface area (Å²) in [4.78, 5) is 10.1. The van der Waals surface area contributed by atoms with Crippen LogP contribution in [0.25, 0.3) is 0 Å². The lowest BCUT2D eigenvalue weighted by atomic mass is 9.73. The Morgan fingerprint density at radius 3 is 1.13 bits per heavy atom. The molecule has 6 saturated heterocycles. The minimum absolute atomic E-state index is 0.928. The molecule has 222 valence electrons. The summed E-state index contributed by atoms with van der Waals surface area (Å²) in [7, 11) is 9.05. The van der Waals surface area contributed by atoms with Gasteiger partial charge in [-0.2, -0.15) is 0 Å². The lowest BCUT2D eigenvalue weighted by molar-refractivity contribution is 0.0415. The van der Waals surface area contributed by atoms with Gasteiger partial charge in [-0.25, -0.2) is 0 Å². The highest BCUT2D eigenvalue weighted by molar-refractivity contribution is 4.92. The molecule has 0 N–H and O–H groups in total. The van der Waals surface area contributed by atoms with Gasteiger partial charge in [-0.3, -0.25) is 0 Å². The van der Waals surface area contributed by atoms with E-state index < -0.39 is 0 Å². The molecule has 6 aliphatic heterocycles. The molecule has 7 fully saturated rings. The smallest absolute Gasteiger partial charge is 0.00982 e. The van der Waals surface area contributed by atoms with Crippen LogP contribution >= 0.6 is 0 Å². The standard InChI is InChI=1S/2C10H19N.C9H17N.C5H11N/c1-8-3-9-5-10(4-8)7-11(2)6-9;1-8-6-9-4-3-5-10(7-8)11(9)2;1-7-5-8-3-4-9(6-7)10(8)2;1-5-3-6(2)4-5/h2*8-10H,3-7H2,1-2H3;7-9H,3-6H2,1-2H3;5H,3-4H2,1-2H3. The van der Waals surface area contributed by atoms with Crippen molar-refractivity contribution in [1.29, 1.82) is 0 Å². The Hall–Kier alpha value is -0.160. The van der Waals surface area contributed by atoms with Crippen molar-refractivity contribution in [1.82, 2.24) is 19.6 Å². The fourth-order valence-electron chi connectivity index (χ4n) is 9.73. The maximum Gasteiger partial charge on any atom is 0.00982 e. The van der Waals surface area contributed by atoms with E-state index in [0.29, 0.717) is 0 Å². The van der Waals surface area contributed by atoms with Gasteiger partial charge < -0.3 is 19.6 Å². The van der Waals surface area contributed by atoms with Crippen molar-refractivity contribution in [2.24, 2.45) is 35.5 Å². The van der Waals surface area contributed by atoms with Crippen LogP contribution in [-0.2, 0) is 0 Å². The quantitative estimate of drug-likeness (QED) is 0.345. The third-order valence-electron chi connectivity index (χ3n) is 11.4. The van der Waals surface area contributed by atoms with Crippen molar-refractivity contribution in [3.8, 4) is 0 Å². The minimum Gasteiger partial charge on any atom is -0.306 e. The van der Waals surface area contributed by atoms with Gasteiger partial charge in [0.05, 0.1) is 0 Å². The Labute approximate surface area is 238 Å². The lowest BCUT2D eigenvalue weighted by Crippen LogP contribution is -2.49. The Bertz CT molecular complexity index is 624. The first-order valence-corrected chi connectivity index (χ1v) is 16.9. The molecular weight excluding hydrogens is 464 g/mol. The SMILES string of the molecule is CC1CC2CC(C1)CN(C)C2.CC1CC2CCC(C1)N2C.CC1CC2CCCC(C1)N2C.CC1CN(C)C1. The van der Waals surface area contributed by atoms with Crippen molar-refractivity contribution < 1.29 is 0 Å². The van der Waals surface area contributed by atoms with Crippen molar-refractivity contribution >= 4 is 0 Å². The van der Waals surface area contributed by atoms with E-state index in [2.05, 4.69) is 75.5 Å². The van der Waals surface area contributed by atoms with Crippen LogP contribution in [0.3, 0.4) is 0 Å². The molecule has 4 heteroatoms. The molecule has 6 unspecified atom stereocenters. The van der Waals surface area contributed by atoms with Crippen LogP contribution < -0.4 is 0 Å². The molecular formula is C34H66N4. The molecule has 1 aliphatic carbocycles. The molecule has 0 aromatic carbocycles. The third-order valence-corrected chi connectivity index (χ3v) is 11.4. The summed E-state index contributed by atoms with van der Waals surface area (Å²) in [5.41, 5.74) is 0. The topological polar surface area (TPSA) is 13.0 Å². The molecule has 0 aromatic rings. The van der Waals surface area contributed by atoms with E-state index >= 15 is 0 Å². The van der Waals surface area contributed by atoms with Crippen LogP contribution in [-0.4, -0.2) is 98.1 Å². The number of nitrogens with zero attached hydrogens (tertiary/aromatic N) is 4. The van der Waals surface area contributed by atoms with Crippen LogP contribution in [0.1, 0.15) is 105 Å². The zero-order chi connectivity index (χ0) is 27.4. The number of piperidine rings is 4. The number of fused-ring (bicyclic) bond motifs is 6. The first kappa shape index (κ1) is 30.8. The predicted octanol–water partition coefficient (Wildman–Crippen LogP) is 6.70. The Morgan fingerprint density at radius 1 is 0.395 bits per heavy atom. The number of likely N-dealkylation sites (tertiary alicyclic amines) is 2. The van der Waals surface area contributed by atoms with Crippen LogP contribution in [0, 0.1) is 35.5 Å². The molecule has 6 bridgehead atoms. The number of rotatable bonds is 0. The normalized spacial score (nSPS) is 43.4. The Balaban J connectivity index is 0.000000120. The van der Waals surface area contributed by atoms with Gasteiger partial charge in [0.25, 0.3) is 0 Å². The largest absolute Gasteiger partial charge is 0.306 e. The molecule has 4 nitrogen and oxygen atoms in total. The van der Waals surface area contributed by atoms with Gasteiger partial charge in [-0.1, -0.05) is 34.1 Å². The van der Waals surface area contributed by atoms with E-state index in [0.717, 1.165) is 59.7 Å². The summed E-state index contributed by atoms with van der Waals surface area (Å²) in [5.74, 6) is 6.02. The lowest BCUT2D eigenvalue weighted by Gasteiger charge is -2.46. The molecule has 6 atom stereocenters. The van der Waals surface area contributed by atoms with Crippen molar-refractivity contribution in [2.75, 3.05) is 54.4 Å². The highest BCUT2D eigenvalue weighted by Crippen LogP contribution is 2.38. The zero-order valence-electron chi connectivity index (χ0n) is 26.9. The highest BCUT2D eigenvalue weighted by Gasteiger charge is 2.37. The maximum atomic E-state index is 2.63. The predicted molar refractivity (Wildman–Crippen MR) is 165 cm³/mol. The van der Waals surface area contributed by atoms with Crippen LogP contribution in [0.2, 0.25) is 0 Å². The van der Waals surface area contributed by atoms with Gasteiger partial charge in [0.1, 0.15) is 0 Å². The van der Waals surface area contributed by atoms with E-state index in [1.165, 1.54) is 103 Å². The summed E-state index contributed by atoms with van der Waals surface area (Å²) >= 11 is 0. The van der Waals surface area contributed by atoms with Gasteiger partial charge in [0.2, 0.25) is 0 Å². The van der Waals surface area contributed by atoms with Crippen molar-refractivity contribution in [3.05, 3.63) is 0 Å². The van der Waals surface area contributed by atoms with Gasteiger partial charge in [-0.15, -0.1) is 0 Å². The second-order valence-corrected chi connectivity index (χ2v) is 15.7. The van der Waals surface area contributed by atoms with Crippen LogP contribution in [0.15, 0.2) is 0 Å². The molecule has 7 aliphatic rings. The van der Waals surface area contributed by atoms with Gasteiger partial charge in [-0.05, 0) is 134 Å². The van der Waals surface area contributed by atoms with Crippen LogP contribution in [0.5, 0.6) is 0 Å². The maximum absolute atomic E-state index is 2.63. The summed E-state index contributed by atoms with van der Waals surface area (Å²) in [6, 6.07) is 3.73. The van der Waals surface area contributed by atoms with Crippen LogP contribution in [0.4, 0.5) is 0 Å². The van der Waals surface area contributed by atoms with E-state index in [-0.39, 0.29) is 0 Å².